The number of rotatable bonds is 4. The number of nitrogens with zero attached hydrogens (tertiary/aromatic N) is 3. The highest BCUT2D eigenvalue weighted by Gasteiger charge is 2.26. The molecule has 1 aliphatic rings. The van der Waals surface area contributed by atoms with Gasteiger partial charge in [-0.3, -0.25) is 4.79 Å². The van der Waals surface area contributed by atoms with Crippen molar-refractivity contribution in [3.63, 3.8) is 0 Å². The summed E-state index contributed by atoms with van der Waals surface area (Å²) in [5.74, 6) is 0.189. The molecule has 0 aliphatic heterocycles. The molecule has 2 atom stereocenters. The van der Waals surface area contributed by atoms with E-state index in [0.29, 0.717) is 18.2 Å². The molecule has 1 aliphatic carbocycles. The van der Waals surface area contributed by atoms with Crippen molar-refractivity contribution < 1.29 is 4.79 Å². The largest absolute Gasteiger partial charge is 0.348 e. The van der Waals surface area contributed by atoms with E-state index in [2.05, 4.69) is 15.6 Å². The van der Waals surface area contributed by atoms with Gasteiger partial charge in [0.25, 0.3) is 5.91 Å². The molecule has 2 aromatic rings. The minimum absolute atomic E-state index is 0. The van der Waals surface area contributed by atoms with Crippen LogP contribution in [0.2, 0.25) is 0 Å². The van der Waals surface area contributed by atoms with Gasteiger partial charge in [-0.15, -0.1) is 17.5 Å². The van der Waals surface area contributed by atoms with Crippen molar-refractivity contribution >= 4 is 18.3 Å². The first-order valence-corrected chi connectivity index (χ1v) is 7.76. The fourth-order valence-electron chi connectivity index (χ4n) is 3.00. The number of nitrogens with one attached hydrogen (secondary N) is 1. The van der Waals surface area contributed by atoms with Crippen LogP contribution in [-0.2, 0) is 0 Å². The Hall–Kier alpha value is -1.92. The molecule has 6 nitrogen and oxygen atoms in total. The Morgan fingerprint density at radius 1 is 1.26 bits per heavy atom. The van der Waals surface area contributed by atoms with Crippen molar-refractivity contribution in [1.82, 2.24) is 20.3 Å². The summed E-state index contributed by atoms with van der Waals surface area (Å²) in [5.41, 5.74) is 7.02. The third kappa shape index (κ3) is 4.09. The predicted molar refractivity (Wildman–Crippen MR) is 90.9 cm³/mol. The topological polar surface area (TPSA) is 85.8 Å². The fourth-order valence-corrected chi connectivity index (χ4v) is 3.00. The average Bonchev–Trinajstić information content (AvgIpc) is 3.06. The molecule has 2 unspecified atom stereocenters. The molecule has 0 bridgehead atoms. The molecule has 1 saturated carbocycles. The second kappa shape index (κ2) is 8.08. The highest BCUT2D eigenvalue weighted by atomic mass is 35.5. The van der Waals surface area contributed by atoms with Gasteiger partial charge < -0.3 is 11.1 Å². The van der Waals surface area contributed by atoms with Gasteiger partial charge in [0.2, 0.25) is 0 Å². The van der Waals surface area contributed by atoms with Crippen molar-refractivity contribution in [2.24, 2.45) is 11.7 Å². The molecule has 124 valence electrons. The van der Waals surface area contributed by atoms with Crippen molar-refractivity contribution in [1.29, 1.82) is 0 Å². The molecule has 1 aromatic heterocycles. The van der Waals surface area contributed by atoms with Crippen molar-refractivity contribution in [3.05, 3.63) is 42.2 Å². The maximum absolute atomic E-state index is 12.4. The number of carbonyl (C=O) groups is 1. The number of nitrogens with two attached hydrogens (primary N) is 1. The third-order valence-corrected chi connectivity index (χ3v) is 4.28. The minimum atomic E-state index is -0.174. The first kappa shape index (κ1) is 17.4. The molecular formula is C16H22ClN5O. The van der Waals surface area contributed by atoms with Crippen LogP contribution in [0.15, 0.2) is 36.5 Å². The van der Waals surface area contributed by atoms with Gasteiger partial charge in [-0.05, 0) is 37.4 Å². The second-order valence-corrected chi connectivity index (χ2v) is 5.74. The van der Waals surface area contributed by atoms with Gasteiger partial charge in [-0.1, -0.05) is 36.3 Å². The molecule has 7 heteroatoms. The van der Waals surface area contributed by atoms with E-state index < -0.39 is 0 Å². The van der Waals surface area contributed by atoms with Gasteiger partial charge in [0.15, 0.2) is 5.69 Å². The number of aromatic nitrogens is 3. The van der Waals surface area contributed by atoms with E-state index in [9.17, 15) is 4.79 Å². The standard InChI is InChI=1S/C16H21N5O.ClH/c17-10-12-6-4-5-9-14(12)18-16(22)15-11-21(20-19-15)13-7-2-1-3-8-13;/h1-3,7-8,11-12,14H,4-6,9-10,17H2,(H,18,22);1H. The zero-order valence-corrected chi connectivity index (χ0v) is 13.7. The van der Waals surface area contributed by atoms with Gasteiger partial charge in [-0.25, -0.2) is 4.68 Å². The number of hydrogen-bond donors (Lipinski definition) is 2. The van der Waals surface area contributed by atoms with Gasteiger partial charge in [0.05, 0.1) is 11.9 Å². The lowest BCUT2D eigenvalue weighted by atomic mass is 9.84. The van der Waals surface area contributed by atoms with Crippen molar-refractivity contribution in [3.8, 4) is 5.69 Å². The summed E-state index contributed by atoms with van der Waals surface area (Å²) in [7, 11) is 0. The Balaban J connectivity index is 0.00000192. The molecule has 0 spiro atoms. The van der Waals surface area contributed by atoms with Gasteiger partial charge in [0, 0.05) is 6.04 Å². The molecule has 3 rings (SSSR count). The lowest BCUT2D eigenvalue weighted by Gasteiger charge is -2.30. The lowest BCUT2D eigenvalue weighted by molar-refractivity contribution is 0.0903. The zero-order chi connectivity index (χ0) is 15.4. The van der Waals surface area contributed by atoms with Crippen molar-refractivity contribution in [2.45, 2.75) is 31.7 Å². The summed E-state index contributed by atoms with van der Waals surface area (Å²) in [6.07, 6.45) is 6.06. The quantitative estimate of drug-likeness (QED) is 0.894. The summed E-state index contributed by atoms with van der Waals surface area (Å²) in [5, 5.41) is 11.1. The first-order valence-electron chi connectivity index (χ1n) is 7.76. The van der Waals surface area contributed by atoms with Gasteiger partial charge in [0.1, 0.15) is 0 Å². The molecule has 1 heterocycles. The Morgan fingerprint density at radius 3 is 2.74 bits per heavy atom. The van der Waals surface area contributed by atoms with Crippen LogP contribution >= 0.6 is 12.4 Å². The van der Waals surface area contributed by atoms with Gasteiger partial charge in [-0.2, -0.15) is 0 Å². The summed E-state index contributed by atoms with van der Waals surface area (Å²) in [6, 6.07) is 9.76. The van der Waals surface area contributed by atoms with E-state index in [1.165, 1.54) is 6.42 Å². The van der Waals surface area contributed by atoms with E-state index in [0.717, 1.165) is 24.9 Å². The summed E-state index contributed by atoms with van der Waals surface area (Å²) < 4.78 is 1.61. The van der Waals surface area contributed by atoms with Crippen LogP contribution in [-0.4, -0.2) is 33.5 Å². The summed E-state index contributed by atoms with van der Waals surface area (Å²) in [4.78, 5) is 12.4. The first-order chi connectivity index (χ1) is 10.8. The van der Waals surface area contributed by atoms with Crippen LogP contribution in [0, 0.1) is 5.92 Å². The number of halogens is 1. The van der Waals surface area contributed by atoms with E-state index in [4.69, 9.17) is 5.73 Å². The maximum atomic E-state index is 12.4. The highest BCUT2D eigenvalue weighted by molar-refractivity contribution is 5.92. The smallest absolute Gasteiger partial charge is 0.273 e. The molecular weight excluding hydrogens is 314 g/mol. The van der Waals surface area contributed by atoms with Crippen LogP contribution in [0.5, 0.6) is 0 Å². The highest BCUT2D eigenvalue weighted by Crippen LogP contribution is 2.23. The molecule has 0 saturated heterocycles. The molecule has 1 aromatic carbocycles. The van der Waals surface area contributed by atoms with Crippen molar-refractivity contribution in [2.75, 3.05) is 6.54 Å². The summed E-state index contributed by atoms with van der Waals surface area (Å²) in [6.45, 7) is 0.613. The molecule has 1 fully saturated rings. The molecule has 1 amide bonds. The number of carbonyl (C=O) groups excluding carboxylic acids is 1. The number of amides is 1. The third-order valence-electron chi connectivity index (χ3n) is 4.28. The van der Waals surface area contributed by atoms with Crippen LogP contribution in [0.4, 0.5) is 0 Å². The van der Waals surface area contributed by atoms with E-state index in [1.54, 1.807) is 10.9 Å². The maximum Gasteiger partial charge on any atom is 0.273 e. The summed E-state index contributed by atoms with van der Waals surface area (Å²) >= 11 is 0. The van der Waals surface area contributed by atoms with Crippen LogP contribution < -0.4 is 11.1 Å². The average molecular weight is 336 g/mol. The van der Waals surface area contributed by atoms with Gasteiger partial charge >= 0.3 is 0 Å². The van der Waals surface area contributed by atoms with Crippen LogP contribution in [0.3, 0.4) is 0 Å². The Bertz CT molecular complexity index is 630. The SMILES string of the molecule is Cl.NCC1CCCCC1NC(=O)c1cn(-c2ccccc2)nn1. The van der Waals surface area contributed by atoms with Crippen LogP contribution in [0.25, 0.3) is 5.69 Å². The second-order valence-electron chi connectivity index (χ2n) is 5.74. The number of benzene rings is 1. The zero-order valence-electron chi connectivity index (χ0n) is 12.9. The Kier molecular flexibility index (Phi) is 6.12. The van der Waals surface area contributed by atoms with Crippen LogP contribution in [0.1, 0.15) is 36.2 Å². The van der Waals surface area contributed by atoms with E-state index in [-0.39, 0.29) is 24.4 Å². The Labute approximate surface area is 141 Å². The monoisotopic (exact) mass is 335 g/mol. The minimum Gasteiger partial charge on any atom is -0.348 e. The molecule has 0 radical (unpaired) electrons. The molecule has 3 N–H and O–H groups in total. The Morgan fingerprint density at radius 2 is 2.00 bits per heavy atom. The predicted octanol–water partition coefficient (Wildman–Crippen LogP) is 1.94. The fraction of sp³-hybridized carbons (Fsp3) is 0.438. The normalized spacial score (nSPS) is 20.6. The number of para-hydroxylation sites is 1. The molecule has 23 heavy (non-hydrogen) atoms. The lowest BCUT2D eigenvalue weighted by Crippen LogP contribution is -2.44. The van der Waals surface area contributed by atoms with E-state index in [1.807, 2.05) is 30.3 Å². The number of hydrogen-bond acceptors (Lipinski definition) is 4. The van der Waals surface area contributed by atoms with E-state index >= 15 is 0 Å².